The molecule has 0 atom stereocenters. The van der Waals surface area contributed by atoms with Crippen molar-refractivity contribution in [1.29, 1.82) is 0 Å². The topological polar surface area (TPSA) is 88.4 Å². The minimum absolute atomic E-state index is 0.137. The van der Waals surface area contributed by atoms with Crippen molar-refractivity contribution in [3.63, 3.8) is 0 Å². The maximum atomic E-state index is 12.2. The van der Waals surface area contributed by atoms with Gasteiger partial charge in [0, 0.05) is 12.4 Å². The molecule has 0 aliphatic carbocycles. The van der Waals surface area contributed by atoms with Gasteiger partial charge in [-0.25, -0.2) is 9.63 Å². The first kappa shape index (κ1) is 14.7. The molecule has 2 rings (SSSR count). The maximum Gasteiger partial charge on any atom is 0.338 e. The van der Waals surface area contributed by atoms with E-state index in [0.29, 0.717) is 0 Å². The number of sulfonamides is 1. The third-order valence-electron chi connectivity index (χ3n) is 2.39. The van der Waals surface area contributed by atoms with E-state index in [2.05, 4.69) is 4.83 Å². The van der Waals surface area contributed by atoms with Crippen LogP contribution in [0.4, 0.5) is 0 Å². The van der Waals surface area contributed by atoms with Crippen LogP contribution in [0.5, 0.6) is 0 Å². The van der Waals surface area contributed by atoms with Crippen molar-refractivity contribution in [1.82, 2.24) is 4.68 Å². The van der Waals surface area contributed by atoms with Gasteiger partial charge in [-0.2, -0.15) is 8.42 Å². The summed E-state index contributed by atoms with van der Waals surface area (Å²) in [5, 5.41) is 8.43. The Morgan fingerprint density at radius 1 is 1.20 bits per heavy atom. The molecule has 1 aromatic carbocycles. The van der Waals surface area contributed by atoms with Crippen LogP contribution in [0.2, 0.25) is 10.0 Å². The number of carbonyl (C=O) groups is 1. The summed E-state index contributed by atoms with van der Waals surface area (Å²) in [5.41, 5.74) is -0.455. The second kappa shape index (κ2) is 5.35. The Morgan fingerprint density at radius 3 is 2.35 bits per heavy atom. The molecule has 0 aliphatic heterocycles. The zero-order valence-corrected chi connectivity index (χ0v) is 12.1. The Labute approximate surface area is 124 Å². The van der Waals surface area contributed by atoms with Crippen LogP contribution in [-0.4, -0.2) is 24.2 Å². The molecule has 0 bridgehead atoms. The van der Waals surface area contributed by atoms with E-state index in [1.807, 2.05) is 0 Å². The highest BCUT2D eigenvalue weighted by molar-refractivity contribution is 7.92. The van der Waals surface area contributed by atoms with Crippen LogP contribution in [-0.2, 0) is 10.0 Å². The predicted octanol–water partition coefficient (Wildman–Crippen LogP) is 2.43. The summed E-state index contributed by atoms with van der Waals surface area (Å²) in [5.74, 6) is -1.40. The summed E-state index contributed by atoms with van der Waals surface area (Å²) in [4.78, 5) is 12.9. The van der Waals surface area contributed by atoms with E-state index in [4.69, 9.17) is 28.3 Å². The van der Waals surface area contributed by atoms with Crippen molar-refractivity contribution in [2.45, 2.75) is 4.90 Å². The molecule has 0 spiro atoms. The van der Waals surface area contributed by atoms with Gasteiger partial charge in [0.05, 0.1) is 15.6 Å². The molecule has 0 unspecified atom stereocenters. The average Bonchev–Trinajstić information content (AvgIpc) is 2.79. The van der Waals surface area contributed by atoms with E-state index in [1.54, 1.807) is 12.1 Å². The van der Waals surface area contributed by atoms with Gasteiger partial charge in [0.2, 0.25) is 0 Å². The van der Waals surface area contributed by atoms with Gasteiger partial charge in [0.15, 0.2) is 0 Å². The van der Waals surface area contributed by atoms with Crippen LogP contribution in [0.1, 0.15) is 10.4 Å². The van der Waals surface area contributed by atoms with E-state index in [1.165, 1.54) is 23.1 Å². The number of aromatic carboxylic acids is 1. The van der Waals surface area contributed by atoms with Gasteiger partial charge in [-0.1, -0.05) is 23.2 Å². The second-order valence-electron chi connectivity index (χ2n) is 3.72. The molecule has 2 N–H and O–H groups in total. The average molecular weight is 335 g/mol. The second-order valence-corrected chi connectivity index (χ2v) is 6.14. The lowest BCUT2D eigenvalue weighted by Gasteiger charge is -2.12. The van der Waals surface area contributed by atoms with Gasteiger partial charge in [-0.15, -0.1) is 0 Å². The quantitative estimate of drug-likeness (QED) is 0.898. The molecule has 0 radical (unpaired) electrons. The lowest BCUT2D eigenvalue weighted by atomic mass is 10.2. The molecule has 6 nitrogen and oxygen atoms in total. The van der Waals surface area contributed by atoms with E-state index >= 15 is 0 Å². The monoisotopic (exact) mass is 334 g/mol. The molecule has 0 saturated carbocycles. The summed E-state index contributed by atoms with van der Waals surface area (Å²) in [7, 11) is -4.03. The molecular weight excluding hydrogens is 327 g/mol. The van der Waals surface area contributed by atoms with Crippen molar-refractivity contribution in [2.75, 3.05) is 4.83 Å². The van der Waals surface area contributed by atoms with Gasteiger partial charge in [-0.3, -0.25) is 4.68 Å². The number of hydrogen-bond acceptors (Lipinski definition) is 3. The molecule has 0 saturated heterocycles. The molecule has 1 heterocycles. The number of benzene rings is 1. The summed E-state index contributed by atoms with van der Waals surface area (Å²) in [6, 6.07) is 5.55. The van der Waals surface area contributed by atoms with Crippen LogP contribution in [0.15, 0.2) is 41.6 Å². The van der Waals surface area contributed by atoms with Crippen molar-refractivity contribution < 1.29 is 18.3 Å². The Balaban J connectivity index is 2.53. The van der Waals surface area contributed by atoms with Crippen LogP contribution in [0.3, 0.4) is 0 Å². The van der Waals surface area contributed by atoms with Gasteiger partial charge < -0.3 is 5.11 Å². The molecular formula is C11H8Cl2N2O4S. The lowest BCUT2D eigenvalue weighted by molar-refractivity contribution is 0.0697. The largest absolute Gasteiger partial charge is 0.478 e. The zero-order chi connectivity index (χ0) is 14.9. The fourth-order valence-electron chi connectivity index (χ4n) is 1.52. The van der Waals surface area contributed by atoms with Crippen LogP contribution < -0.4 is 4.83 Å². The molecule has 1 aromatic heterocycles. The fraction of sp³-hybridized carbons (Fsp3) is 0. The highest BCUT2D eigenvalue weighted by atomic mass is 35.5. The molecule has 0 fully saturated rings. The number of carboxylic acids is 1. The zero-order valence-electron chi connectivity index (χ0n) is 9.75. The summed E-state index contributed by atoms with van der Waals surface area (Å²) >= 11 is 11.5. The Kier molecular flexibility index (Phi) is 3.94. The number of nitrogens with zero attached hydrogens (tertiary/aromatic N) is 1. The van der Waals surface area contributed by atoms with Crippen molar-refractivity contribution in [2.24, 2.45) is 0 Å². The lowest BCUT2D eigenvalue weighted by Crippen LogP contribution is -2.22. The summed E-state index contributed by atoms with van der Waals surface area (Å²) in [6.45, 7) is 0. The smallest absolute Gasteiger partial charge is 0.338 e. The minimum Gasteiger partial charge on any atom is -0.478 e. The van der Waals surface area contributed by atoms with Gasteiger partial charge in [0.1, 0.15) is 4.90 Å². The van der Waals surface area contributed by atoms with E-state index < -0.39 is 26.6 Å². The minimum atomic E-state index is -4.03. The highest BCUT2D eigenvalue weighted by Gasteiger charge is 2.24. The van der Waals surface area contributed by atoms with Crippen molar-refractivity contribution >= 4 is 39.2 Å². The van der Waals surface area contributed by atoms with Crippen LogP contribution >= 0.6 is 23.2 Å². The predicted molar refractivity (Wildman–Crippen MR) is 74.4 cm³/mol. The first-order valence-corrected chi connectivity index (χ1v) is 7.44. The Morgan fingerprint density at radius 2 is 1.80 bits per heavy atom. The molecule has 20 heavy (non-hydrogen) atoms. The number of nitrogens with one attached hydrogen (secondary N) is 1. The van der Waals surface area contributed by atoms with Gasteiger partial charge >= 0.3 is 5.97 Å². The highest BCUT2D eigenvalue weighted by Crippen LogP contribution is 2.31. The number of carboxylic acid groups (broad SMARTS) is 1. The van der Waals surface area contributed by atoms with E-state index in [9.17, 15) is 13.2 Å². The number of hydrogen-bond donors (Lipinski definition) is 2. The Bertz CT molecular complexity index is 757. The number of halogens is 2. The molecule has 9 heteroatoms. The molecule has 2 aromatic rings. The maximum absolute atomic E-state index is 12.2. The first-order chi connectivity index (χ1) is 9.33. The number of aromatic nitrogens is 1. The third kappa shape index (κ3) is 2.74. The van der Waals surface area contributed by atoms with Gasteiger partial charge in [0.25, 0.3) is 10.0 Å². The summed E-state index contributed by atoms with van der Waals surface area (Å²) < 4.78 is 25.5. The summed E-state index contributed by atoms with van der Waals surface area (Å²) in [6.07, 6.45) is 2.94. The number of rotatable bonds is 4. The van der Waals surface area contributed by atoms with Crippen molar-refractivity contribution in [3.05, 3.63) is 52.3 Å². The standard InChI is InChI=1S/C11H8Cl2N2O4S/c12-7-3-4-8(10(13)9(7)11(16)17)20(18,19)14-15-5-1-2-6-15/h1-6,14H,(H,16,17). The molecule has 0 aliphatic rings. The van der Waals surface area contributed by atoms with Crippen molar-refractivity contribution in [3.8, 4) is 0 Å². The van der Waals surface area contributed by atoms with Gasteiger partial charge in [-0.05, 0) is 24.3 Å². The van der Waals surface area contributed by atoms with Crippen LogP contribution in [0, 0.1) is 0 Å². The fourth-order valence-corrected chi connectivity index (χ4v) is 3.44. The normalized spacial score (nSPS) is 11.3. The Hall–Kier alpha value is -1.70. The first-order valence-electron chi connectivity index (χ1n) is 5.20. The SMILES string of the molecule is O=C(O)c1c(Cl)ccc(S(=O)(=O)Nn2cccc2)c1Cl. The third-order valence-corrected chi connectivity index (χ3v) is 4.58. The molecule has 0 amide bonds. The van der Waals surface area contributed by atoms with E-state index in [-0.39, 0.29) is 9.92 Å². The van der Waals surface area contributed by atoms with E-state index in [0.717, 1.165) is 6.07 Å². The molecule has 106 valence electrons. The van der Waals surface area contributed by atoms with Crippen LogP contribution in [0.25, 0.3) is 0 Å².